The van der Waals surface area contributed by atoms with Crippen LogP contribution in [0.5, 0.6) is 0 Å². The number of anilines is 5. The zero-order valence-electron chi connectivity index (χ0n) is 35.4. The highest BCUT2D eigenvalue weighted by Gasteiger charge is 2.48. The molecule has 0 atom stereocenters. The van der Waals surface area contributed by atoms with E-state index in [4.69, 9.17) is 0 Å². The SMILES string of the molecule is CC(C)(C)c1ccc(N2B3c4c(cc5c(sc6ccccc65)c4-c4cc(C(C)(C)C)ccc42)N(c2ccccc2-c2ccccc2)c2ccc4c(sc5ccccc54)c23)cc1. The molecule has 0 N–H and O–H groups in total. The van der Waals surface area contributed by atoms with Gasteiger partial charge in [-0.25, -0.2) is 0 Å². The molecule has 0 amide bonds. The zero-order valence-corrected chi connectivity index (χ0v) is 37.0. The Bertz CT molecular complexity index is 3400. The third-order valence-electron chi connectivity index (χ3n) is 13.2. The number of rotatable bonds is 3. The largest absolute Gasteiger partial charge is 0.376 e. The van der Waals surface area contributed by atoms with Crippen molar-refractivity contribution in [3.8, 4) is 22.3 Å². The van der Waals surface area contributed by atoms with Crippen molar-refractivity contribution in [2.24, 2.45) is 0 Å². The number of thiophene rings is 2. The summed E-state index contributed by atoms with van der Waals surface area (Å²) >= 11 is 3.90. The molecule has 2 aromatic heterocycles. The number of hydrogen-bond donors (Lipinski definition) is 0. The van der Waals surface area contributed by atoms with Crippen LogP contribution in [0.25, 0.3) is 62.6 Å². The van der Waals surface area contributed by atoms with Gasteiger partial charge in [0.25, 0.3) is 0 Å². The fourth-order valence-corrected chi connectivity index (χ4v) is 12.7. The molecular weight excluding hydrogens is 776 g/mol. The number of para-hydroxylation sites is 1. The van der Waals surface area contributed by atoms with Gasteiger partial charge in [-0.1, -0.05) is 151 Å². The van der Waals surface area contributed by atoms with Gasteiger partial charge in [0.15, 0.2) is 0 Å². The number of fused-ring (bicyclic) bond motifs is 12. The van der Waals surface area contributed by atoms with Crippen molar-refractivity contribution in [2.45, 2.75) is 52.4 Å². The summed E-state index contributed by atoms with van der Waals surface area (Å²) < 4.78 is 5.36. The van der Waals surface area contributed by atoms with E-state index < -0.39 is 0 Å². The molecule has 0 bridgehead atoms. The number of nitrogens with zero attached hydrogens (tertiary/aromatic N) is 2. The highest BCUT2D eigenvalue weighted by molar-refractivity contribution is 7.28. The molecule has 61 heavy (non-hydrogen) atoms. The van der Waals surface area contributed by atoms with Crippen LogP contribution in [0.15, 0.2) is 164 Å². The molecule has 0 saturated carbocycles. The molecule has 0 spiro atoms. The van der Waals surface area contributed by atoms with Crippen molar-refractivity contribution in [2.75, 3.05) is 9.71 Å². The Morgan fingerprint density at radius 3 is 1.75 bits per heavy atom. The maximum absolute atomic E-state index is 2.70. The van der Waals surface area contributed by atoms with Gasteiger partial charge in [0.05, 0.1) is 5.69 Å². The lowest BCUT2D eigenvalue weighted by molar-refractivity contribution is 0.590. The molecular formula is C56H45BN2S2. The van der Waals surface area contributed by atoms with Crippen molar-refractivity contribution in [1.82, 2.24) is 0 Å². The molecule has 0 fully saturated rings. The molecule has 5 heteroatoms. The smallest absolute Gasteiger partial charge is 0.334 e. The van der Waals surface area contributed by atoms with Gasteiger partial charge < -0.3 is 9.71 Å². The summed E-state index contributed by atoms with van der Waals surface area (Å²) in [6.07, 6.45) is 0. The predicted molar refractivity (Wildman–Crippen MR) is 269 cm³/mol. The van der Waals surface area contributed by atoms with Crippen LogP contribution in [0.4, 0.5) is 28.4 Å². The minimum atomic E-state index is -0.0972. The van der Waals surface area contributed by atoms with Crippen LogP contribution in [0.1, 0.15) is 52.7 Å². The Hall–Kier alpha value is -6.14. The van der Waals surface area contributed by atoms with Crippen molar-refractivity contribution < 1.29 is 0 Å². The lowest BCUT2D eigenvalue weighted by atomic mass is 9.43. The standard InChI is InChI=1S/C56H45BN2S2/c1-55(2,3)35-24-27-37(28-25-35)59-45-30-26-36(56(4,5)6)32-43(45)50-51-47(33-42-40-20-12-15-23-49(40)60-53(42)50)58(44-21-13-10-18-38(44)34-16-8-7-9-17-34)46-31-29-41-39-19-11-14-22-48(39)61-54(41)52(46)57(51)59/h7-33H,1-6H3. The summed E-state index contributed by atoms with van der Waals surface area (Å²) in [6, 6.07) is 62.1. The van der Waals surface area contributed by atoms with Crippen LogP contribution >= 0.6 is 22.7 Å². The Labute approximate surface area is 366 Å². The summed E-state index contributed by atoms with van der Waals surface area (Å²) in [5.41, 5.74) is 16.7. The molecule has 0 saturated heterocycles. The third-order valence-corrected chi connectivity index (χ3v) is 15.6. The first-order valence-electron chi connectivity index (χ1n) is 21.5. The predicted octanol–water partition coefficient (Wildman–Crippen LogP) is 15.4. The lowest BCUT2D eigenvalue weighted by Gasteiger charge is -2.46. The molecule has 0 unspecified atom stereocenters. The van der Waals surface area contributed by atoms with Gasteiger partial charge in [0.2, 0.25) is 0 Å². The van der Waals surface area contributed by atoms with E-state index in [2.05, 4.69) is 215 Å². The second kappa shape index (κ2) is 13.2. The normalized spacial score (nSPS) is 13.6. The monoisotopic (exact) mass is 820 g/mol. The molecule has 12 rings (SSSR count). The van der Waals surface area contributed by atoms with Gasteiger partial charge in [-0.3, -0.25) is 0 Å². The van der Waals surface area contributed by atoms with Crippen LogP contribution in [0.2, 0.25) is 0 Å². The van der Waals surface area contributed by atoms with Gasteiger partial charge >= 0.3 is 6.85 Å². The van der Waals surface area contributed by atoms with E-state index in [1.165, 1.54) is 113 Å². The topological polar surface area (TPSA) is 6.48 Å². The number of benzene rings is 8. The second-order valence-corrected chi connectivity index (χ2v) is 21.0. The van der Waals surface area contributed by atoms with E-state index in [0.717, 1.165) is 0 Å². The molecule has 0 aliphatic carbocycles. The van der Waals surface area contributed by atoms with Crippen molar-refractivity contribution in [3.63, 3.8) is 0 Å². The average Bonchev–Trinajstić information content (AvgIpc) is 3.84. The highest BCUT2D eigenvalue weighted by atomic mass is 32.1. The molecule has 2 nitrogen and oxygen atoms in total. The zero-order chi connectivity index (χ0) is 41.4. The average molecular weight is 821 g/mol. The Morgan fingerprint density at radius 2 is 1.03 bits per heavy atom. The summed E-state index contributed by atoms with van der Waals surface area (Å²) in [5, 5.41) is 5.27. The van der Waals surface area contributed by atoms with E-state index in [1.54, 1.807) is 0 Å². The molecule has 4 heterocycles. The highest BCUT2D eigenvalue weighted by Crippen LogP contribution is 2.54. The van der Waals surface area contributed by atoms with Crippen molar-refractivity contribution >= 4 is 109 Å². The summed E-state index contributed by atoms with van der Waals surface area (Å²) in [5.74, 6) is 0. The van der Waals surface area contributed by atoms with Crippen molar-refractivity contribution in [3.05, 3.63) is 175 Å². The Kier molecular flexibility index (Phi) is 7.93. The first-order valence-corrected chi connectivity index (χ1v) is 23.1. The first-order chi connectivity index (χ1) is 29.5. The fraction of sp³-hybridized carbons (Fsp3) is 0.143. The minimum absolute atomic E-state index is 0.0321. The van der Waals surface area contributed by atoms with Gasteiger partial charge in [-0.15, -0.1) is 22.7 Å². The maximum Gasteiger partial charge on any atom is 0.334 e. The van der Waals surface area contributed by atoms with Gasteiger partial charge in [-0.05, 0) is 93.0 Å². The summed E-state index contributed by atoms with van der Waals surface area (Å²) in [4.78, 5) is 5.32. The molecule has 8 aromatic carbocycles. The second-order valence-electron chi connectivity index (χ2n) is 18.9. The van der Waals surface area contributed by atoms with Crippen LogP contribution in [0, 0.1) is 0 Å². The lowest BCUT2D eigenvalue weighted by Crippen LogP contribution is -2.61. The van der Waals surface area contributed by atoms with E-state index in [9.17, 15) is 0 Å². The Morgan fingerprint density at radius 1 is 0.426 bits per heavy atom. The summed E-state index contributed by atoms with van der Waals surface area (Å²) in [6.45, 7) is 13.9. The molecule has 2 aliphatic heterocycles. The maximum atomic E-state index is 2.70. The van der Waals surface area contributed by atoms with Crippen LogP contribution in [-0.2, 0) is 10.8 Å². The molecule has 294 valence electrons. The van der Waals surface area contributed by atoms with E-state index in [-0.39, 0.29) is 17.7 Å². The molecule has 10 aromatic rings. The summed E-state index contributed by atoms with van der Waals surface area (Å²) in [7, 11) is 0. The van der Waals surface area contributed by atoms with Crippen LogP contribution in [0.3, 0.4) is 0 Å². The van der Waals surface area contributed by atoms with Gasteiger partial charge in [-0.2, -0.15) is 0 Å². The van der Waals surface area contributed by atoms with Crippen LogP contribution in [-0.4, -0.2) is 6.85 Å². The molecule has 2 aliphatic rings. The van der Waals surface area contributed by atoms with E-state index in [0.29, 0.717) is 0 Å². The third kappa shape index (κ3) is 5.46. The van der Waals surface area contributed by atoms with Crippen LogP contribution < -0.4 is 20.6 Å². The molecule has 0 radical (unpaired) electrons. The number of hydrogen-bond acceptors (Lipinski definition) is 4. The van der Waals surface area contributed by atoms with Gasteiger partial charge in [0.1, 0.15) is 0 Å². The fourth-order valence-electron chi connectivity index (χ4n) is 10.1. The first kappa shape index (κ1) is 36.7. The van der Waals surface area contributed by atoms with E-state index >= 15 is 0 Å². The quantitative estimate of drug-likeness (QED) is 0.164. The minimum Gasteiger partial charge on any atom is -0.376 e. The Balaban J connectivity index is 1.29. The van der Waals surface area contributed by atoms with Crippen molar-refractivity contribution in [1.29, 1.82) is 0 Å². The van der Waals surface area contributed by atoms with E-state index in [1.807, 2.05) is 22.7 Å². The van der Waals surface area contributed by atoms with Gasteiger partial charge in [0, 0.05) is 79.8 Å².